The molecule has 0 radical (unpaired) electrons. The maximum atomic E-state index is 5.84. The van der Waals surface area contributed by atoms with Crippen molar-refractivity contribution in [2.45, 2.75) is 25.4 Å². The second-order valence-electron chi connectivity index (χ2n) is 4.27. The molecular weight excluding hydrogens is 307 g/mol. The van der Waals surface area contributed by atoms with Gasteiger partial charge in [0.1, 0.15) is 5.82 Å². The highest BCUT2D eigenvalue weighted by Crippen LogP contribution is 2.20. The van der Waals surface area contributed by atoms with Gasteiger partial charge in [-0.2, -0.15) is 5.10 Å². The Hall–Kier alpha value is -0.810. The minimum atomic E-state index is 0. The molecule has 1 saturated carbocycles. The first-order valence-corrected chi connectivity index (χ1v) is 6.10. The summed E-state index contributed by atoms with van der Waals surface area (Å²) in [5.74, 6) is 1.59. The number of hydrogen-bond donors (Lipinski definition) is 2. The fourth-order valence-electron chi connectivity index (χ4n) is 1.63. The van der Waals surface area contributed by atoms with Crippen molar-refractivity contribution >= 4 is 36.4 Å². The van der Waals surface area contributed by atoms with Crippen molar-refractivity contribution in [3.8, 4) is 11.4 Å². The van der Waals surface area contributed by atoms with Gasteiger partial charge in [0.2, 0.25) is 0 Å². The Morgan fingerprint density at radius 1 is 1.21 bits per heavy atom. The van der Waals surface area contributed by atoms with E-state index in [0.717, 1.165) is 23.0 Å². The number of aromatic nitrogens is 3. The topological polar surface area (TPSA) is 53.6 Å². The van der Waals surface area contributed by atoms with Crippen LogP contribution >= 0.6 is 36.4 Å². The van der Waals surface area contributed by atoms with Crippen molar-refractivity contribution < 1.29 is 0 Å². The summed E-state index contributed by atoms with van der Waals surface area (Å²) in [7, 11) is 0. The highest BCUT2D eigenvalue weighted by atomic mass is 35.5. The number of aromatic amines is 1. The molecule has 0 bridgehead atoms. The maximum absolute atomic E-state index is 5.84. The molecule has 4 nitrogen and oxygen atoms in total. The number of nitrogens with zero attached hydrogens (tertiary/aromatic N) is 2. The molecule has 1 aliphatic carbocycles. The molecule has 2 N–H and O–H groups in total. The third-order valence-corrected chi connectivity index (χ3v) is 3.02. The van der Waals surface area contributed by atoms with Gasteiger partial charge >= 0.3 is 0 Å². The highest BCUT2D eigenvalue weighted by Gasteiger charge is 2.20. The summed E-state index contributed by atoms with van der Waals surface area (Å²) in [5.41, 5.74) is 0.975. The van der Waals surface area contributed by atoms with Crippen LogP contribution in [-0.2, 0) is 6.54 Å². The van der Waals surface area contributed by atoms with Gasteiger partial charge in [-0.15, -0.1) is 24.8 Å². The van der Waals surface area contributed by atoms with Crippen molar-refractivity contribution in [2.24, 2.45) is 0 Å². The van der Waals surface area contributed by atoms with Gasteiger partial charge in [0.25, 0.3) is 0 Å². The highest BCUT2D eigenvalue weighted by molar-refractivity contribution is 6.30. The Labute approximate surface area is 129 Å². The van der Waals surface area contributed by atoms with E-state index < -0.39 is 0 Å². The molecule has 3 rings (SSSR count). The number of halogens is 3. The summed E-state index contributed by atoms with van der Waals surface area (Å²) in [6.07, 6.45) is 2.55. The molecular formula is C12H15Cl3N4. The van der Waals surface area contributed by atoms with Gasteiger partial charge < -0.3 is 5.32 Å². The van der Waals surface area contributed by atoms with Crippen LogP contribution in [0.15, 0.2) is 24.3 Å². The summed E-state index contributed by atoms with van der Waals surface area (Å²) in [4.78, 5) is 4.44. The van der Waals surface area contributed by atoms with E-state index in [2.05, 4.69) is 20.5 Å². The van der Waals surface area contributed by atoms with Crippen LogP contribution in [0.1, 0.15) is 18.7 Å². The van der Waals surface area contributed by atoms with Gasteiger partial charge in [-0.25, -0.2) is 4.98 Å². The van der Waals surface area contributed by atoms with Crippen molar-refractivity contribution in [1.82, 2.24) is 20.5 Å². The molecule has 2 aromatic rings. The molecule has 1 aromatic carbocycles. The molecule has 1 aliphatic rings. The molecule has 0 unspecified atom stereocenters. The molecule has 0 spiro atoms. The van der Waals surface area contributed by atoms with Gasteiger partial charge in [-0.3, -0.25) is 5.10 Å². The van der Waals surface area contributed by atoms with Crippen LogP contribution in [0, 0.1) is 0 Å². The first-order chi connectivity index (χ1) is 8.31. The Morgan fingerprint density at radius 3 is 2.53 bits per heavy atom. The Balaban J connectivity index is 0.000000902. The molecule has 7 heteroatoms. The zero-order valence-electron chi connectivity index (χ0n) is 10.1. The molecule has 104 valence electrons. The summed E-state index contributed by atoms with van der Waals surface area (Å²) in [6.45, 7) is 0.755. The number of benzene rings is 1. The number of nitrogens with one attached hydrogen (secondary N) is 2. The SMILES string of the molecule is Cl.Cl.Clc1ccc(-c2n[nH]c(CNC3CC3)n2)cc1. The van der Waals surface area contributed by atoms with Crippen LogP contribution in [0.25, 0.3) is 11.4 Å². The minimum absolute atomic E-state index is 0. The monoisotopic (exact) mass is 320 g/mol. The van der Waals surface area contributed by atoms with Crippen LogP contribution in [0.3, 0.4) is 0 Å². The minimum Gasteiger partial charge on any atom is -0.307 e. The fourth-order valence-corrected chi connectivity index (χ4v) is 1.76. The Morgan fingerprint density at radius 2 is 1.89 bits per heavy atom. The van der Waals surface area contributed by atoms with E-state index in [-0.39, 0.29) is 24.8 Å². The van der Waals surface area contributed by atoms with E-state index >= 15 is 0 Å². The second-order valence-corrected chi connectivity index (χ2v) is 4.70. The van der Waals surface area contributed by atoms with Crippen molar-refractivity contribution in [2.75, 3.05) is 0 Å². The number of H-pyrrole nitrogens is 1. The van der Waals surface area contributed by atoms with Gasteiger partial charge in [-0.05, 0) is 37.1 Å². The predicted octanol–water partition coefficient (Wildman–Crippen LogP) is 3.22. The van der Waals surface area contributed by atoms with Gasteiger partial charge in [0, 0.05) is 16.6 Å². The van der Waals surface area contributed by atoms with Crippen molar-refractivity contribution in [3.63, 3.8) is 0 Å². The fraction of sp³-hybridized carbons (Fsp3) is 0.333. The van der Waals surface area contributed by atoms with E-state index in [1.807, 2.05) is 24.3 Å². The van der Waals surface area contributed by atoms with Gasteiger partial charge in [0.05, 0.1) is 6.54 Å². The number of hydrogen-bond acceptors (Lipinski definition) is 3. The largest absolute Gasteiger partial charge is 0.307 e. The van der Waals surface area contributed by atoms with E-state index in [1.165, 1.54) is 12.8 Å². The lowest BCUT2D eigenvalue weighted by Gasteiger charge is -1.97. The molecule has 1 aromatic heterocycles. The molecule has 0 atom stereocenters. The van der Waals surface area contributed by atoms with E-state index in [0.29, 0.717) is 11.9 Å². The first kappa shape index (κ1) is 16.2. The van der Waals surface area contributed by atoms with Crippen LogP contribution < -0.4 is 5.32 Å². The van der Waals surface area contributed by atoms with Crippen LogP contribution in [0.4, 0.5) is 0 Å². The predicted molar refractivity (Wildman–Crippen MR) is 81.2 cm³/mol. The maximum Gasteiger partial charge on any atom is 0.181 e. The van der Waals surface area contributed by atoms with E-state index in [4.69, 9.17) is 11.6 Å². The van der Waals surface area contributed by atoms with Gasteiger partial charge in [0.15, 0.2) is 5.82 Å². The average molecular weight is 322 g/mol. The molecule has 1 fully saturated rings. The third kappa shape index (κ3) is 4.35. The van der Waals surface area contributed by atoms with Crippen molar-refractivity contribution in [3.05, 3.63) is 35.1 Å². The third-order valence-electron chi connectivity index (χ3n) is 2.77. The molecule has 1 heterocycles. The molecule has 0 saturated heterocycles. The zero-order valence-corrected chi connectivity index (χ0v) is 12.5. The summed E-state index contributed by atoms with van der Waals surface area (Å²) < 4.78 is 0. The molecule has 0 aliphatic heterocycles. The summed E-state index contributed by atoms with van der Waals surface area (Å²) in [6, 6.07) is 8.21. The zero-order chi connectivity index (χ0) is 11.7. The Kier molecular flexibility index (Phi) is 6.07. The van der Waals surface area contributed by atoms with Crippen molar-refractivity contribution in [1.29, 1.82) is 0 Å². The van der Waals surface area contributed by atoms with Gasteiger partial charge in [-0.1, -0.05) is 11.6 Å². The van der Waals surface area contributed by atoms with E-state index in [1.54, 1.807) is 0 Å². The van der Waals surface area contributed by atoms with Crippen LogP contribution in [0.2, 0.25) is 5.02 Å². The lowest BCUT2D eigenvalue weighted by Crippen LogP contribution is -2.16. The van der Waals surface area contributed by atoms with E-state index in [9.17, 15) is 0 Å². The molecule has 19 heavy (non-hydrogen) atoms. The lowest BCUT2D eigenvalue weighted by atomic mass is 10.2. The summed E-state index contributed by atoms with van der Waals surface area (Å²) >= 11 is 5.84. The average Bonchev–Trinajstić information content (AvgIpc) is 3.06. The van der Waals surface area contributed by atoms with Crippen LogP contribution in [0.5, 0.6) is 0 Å². The smallest absolute Gasteiger partial charge is 0.181 e. The molecule has 0 amide bonds. The Bertz CT molecular complexity index is 508. The standard InChI is InChI=1S/C12H13ClN4.2ClH/c13-9-3-1-8(2-4-9)12-15-11(16-17-12)7-14-10-5-6-10;;/h1-4,10,14H,5-7H2,(H,15,16,17);2*1H. The summed E-state index contributed by atoms with van der Waals surface area (Å²) in [5, 5.41) is 11.3. The second kappa shape index (κ2) is 7.10. The quantitative estimate of drug-likeness (QED) is 0.909. The number of rotatable bonds is 4. The van der Waals surface area contributed by atoms with Crippen LogP contribution in [-0.4, -0.2) is 21.2 Å². The normalized spacial score (nSPS) is 13.5. The first-order valence-electron chi connectivity index (χ1n) is 5.72. The lowest BCUT2D eigenvalue weighted by molar-refractivity contribution is 0.660.